The molecule has 4 nitrogen and oxygen atoms in total. The van der Waals surface area contributed by atoms with E-state index in [1.807, 2.05) is 31.7 Å². The lowest BCUT2D eigenvalue weighted by Crippen LogP contribution is -2.70. The van der Waals surface area contributed by atoms with Crippen molar-refractivity contribution in [3.05, 3.63) is 12.2 Å². The molecule has 1 saturated carbocycles. The van der Waals surface area contributed by atoms with E-state index in [1.165, 1.54) is 0 Å². The van der Waals surface area contributed by atoms with Gasteiger partial charge in [0.1, 0.15) is 11.6 Å². The van der Waals surface area contributed by atoms with Gasteiger partial charge in [-0.1, -0.05) is 38.8 Å². The number of nitrogens with zero attached hydrogens (tertiary/aromatic N) is 1. The maximum absolute atomic E-state index is 12.9. The Morgan fingerprint density at radius 3 is 2.55 bits per heavy atom. The fraction of sp³-hybridized carbons (Fsp3) is 0.750. The van der Waals surface area contributed by atoms with Crippen molar-refractivity contribution in [1.29, 1.82) is 0 Å². The molecule has 1 unspecified atom stereocenters. The molecule has 1 N–H and O–H groups in total. The number of carbonyl (C=O) groups is 2. The summed E-state index contributed by atoms with van der Waals surface area (Å²) in [4.78, 5) is 27.2. The minimum absolute atomic E-state index is 0.0296. The molecule has 0 bridgehead atoms. The molecule has 0 aromatic rings. The first kappa shape index (κ1) is 15.1. The fourth-order valence-corrected chi connectivity index (χ4v) is 3.51. The molecule has 2 amide bonds. The molecule has 0 radical (unpaired) electrons. The highest BCUT2D eigenvalue weighted by molar-refractivity contribution is 6.00. The number of nitrogens with one attached hydrogen (secondary N) is 1. The summed E-state index contributed by atoms with van der Waals surface area (Å²) in [6.07, 6.45) is 8.50. The van der Waals surface area contributed by atoms with Gasteiger partial charge in [0.25, 0.3) is 0 Å². The van der Waals surface area contributed by atoms with Gasteiger partial charge in [-0.3, -0.25) is 9.59 Å². The molecule has 112 valence electrons. The minimum Gasteiger partial charge on any atom is -0.340 e. The van der Waals surface area contributed by atoms with Crippen LogP contribution in [0.2, 0.25) is 0 Å². The Bertz CT molecular complexity index is 409. The Labute approximate surface area is 121 Å². The molecule has 2 rings (SSSR count). The van der Waals surface area contributed by atoms with E-state index in [9.17, 15) is 9.59 Å². The second-order valence-electron chi connectivity index (χ2n) is 6.32. The van der Waals surface area contributed by atoms with Crippen molar-refractivity contribution < 1.29 is 9.59 Å². The number of piperazine rings is 1. The van der Waals surface area contributed by atoms with E-state index in [0.29, 0.717) is 6.54 Å². The second kappa shape index (κ2) is 5.98. The molecular formula is C16H26N2O2. The van der Waals surface area contributed by atoms with Crippen LogP contribution in [-0.4, -0.2) is 34.8 Å². The van der Waals surface area contributed by atoms with Crippen LogP contribution in [0.25, 0.3) is 0 Å². The minimum atomic E-state index is -0.599. The van der Waals surface area contributed by atoms with Gasteiger partial charge in [0.15, 0.2) is 0 Å². The monoisotopic (exact) mass is 278 g/mol. The molecule has 0 aromatic carbocycles. The van der Waals surface area contributed by atoms with Gasteiger partial charge in [0.2, 0.25) is 11.8 Å². The van der Waals surface area contributed by atoms with Gasteiger partial charge in [-0.05, 0) is 32.1 Å². The van der Waals surface area contributed by atoms with Crippen molar-refractivity contribution in [2.45, 2.75) is 64.5 Å². The lowest BCUT2D eigenvalue weighted by Gasteiger charge is -2.45. The van der Waals surface area contributed by atoms with E-state index in [0.717, 1.165) is 32.1 Å². The topological polar surface area (TPSA) is 49.4 Å². The van der Waals surface area contributed by atoms with Crippen LogP contribution in [0, 0.1) is 5.92 Å². The molecule has 1 saturated heterocycles. The number of rotatable bonds is 4. The first-order chi connectivity index (χ1) is 9.52. The van der Waals surface area contributed by atoms with Gasteiger partial charge < -0.3 is 10.2 Å². The van der Waals surface area contributed by atoms with E-state index in [2.05, 4.69) is 11.4 Å². The molecule has 1 aliphatic carbocycles. The maximum Gasteiger partial charge on any atom is 0.249 e. The highest BCUT2D eigenvalue weighted by Gasteiger charge is 2.52. The molecule has 20 heavy (non-hydrogen) atoms. The largest absolute Gasteiger partial charge is 0.340 e. The Kier molecular flexibility index (Phi) is 4.51. The Morgan fingerprint density at radius 2 is 2.00 bits per heavy atom. The lowest BCUT2D eigenvalue weighted by atomic mass is 9.87. The van der Waals surface area contributed by atoms with Crippen LogP contribution < -0.4 is 5.32 Å². The van der Waals surface area contributed by atoms with Gasteiger partial charge in [-0.25, -0.2) is 0 Å². The SMILES string of the molecule is C/C=C/CCN1C(=O)C2(CCCC2)NC(=O)C1C(C)C. The average Bonchev–Trinajstić information content (AvgIpc) is 2.84. The molecule has 1 aliphatic heterocycles. The van der Waals surface area contributed by atoms with Crippen molar-refractivity contribution in [3.63, 3.8) is 0 Å². The van der Waals surface area contributed by atoms with E-state index in [1.54, 1.807) is 0 Å². The van der Waals surface area contributed by atoms with Crippen LogP contribution in [0.1, 0.15) is 52.9 Å². The highest BCUT2D eigenvalue weighted by atomic mass is 16.2. The summed E-state index contributed by atoms with van der Waals surface area (Å²) in [6.45, 7) is 6.63. The molecule has 1 atom stereocenters. The van der Waals surface area contributed by atoms with E-state index >= 15 is 0 Å². The zero-order valence-corrected chi connectivity index (χ0v) is 12.8. The Balaban J connectivity index is 2.23. The summed E-state index contributed by atoms with van der Waals surface area (Å²) in [6, 6.07) is -0.320. The van der Waals surface area contributed by atoms with Gasteiger partial charge in [0.05, 0.1) is 0 Å². The summed E-state index contributed by atoms with van der Waals surface area (Å²) in [7, 11) is 0. The first-order valence-corrected chi connectivity index (χ1v) is 7.76. The molecule has 4 heteroatoms. The van der Waals surface area contributed by atoms with Gasteiger partial charge in [0, 0.05) is 6.54 Å². The number of hydrogen-bond donors (Lipinski definition) is 1. The average molecular weight is 278 g/mol. The van der Waals surface area contributed by atoms with Crippen molar-refractivity contribution in [3.8, 4) is 0 Å². The van der Waals surface area contributed by atoms with Gasteiger partial charge in [-0.15, -0.1) is 0 Å². The van der Waals surface area contributed by atoms with Crippen LogP contribution >= 0.6 is 0 Å². The Hall–Kier alpha value is -1.32. The summed E-state index contributed by atoms with van der Waals surface area (Å²) in [5.41, 5.74) is -0.599. The van der Waals surface area contributed by atoms with Crippen LogP contribution in [0.15, 0.2) is 12.2 Å². The molecule has 1 spiro atoms. The smallest absolute Gasteiger partial charge is 0.249 e. The van der Waals surface area contributed by atoms with E-state index in [4.69, 9.17) is 0 Å². The number of allylic oxidation sites excluding steroid dienone is 1. The zero-order valence-electron chi connectivity index (χ0n) is 12.8. The first-order valence-electron chi connectivity index (χ1n) is 7.76. The van der Waals surface area contributed by atoms with Crippen molar-refractivity contribution >= 4 is 11.8 Å². The lowest BCUT2D eigenvalue weighted by molar-refractivity contribution is -0.156. The number of amides is 2. The van der Waals surface area contributed by atoms with E-state index in [-0.39, 0.29) is 23.8 Å². The van der Waals surface area contributed by atoms with Crippen LogP contribution in [0.3, 0.4) is 0 Å². The summed E-state index contributed by atoms with van der Waals surface area (Å²) < 4.78 is 0. The molecule has 2 fully saturated rings. The number of hydrogen-bond acceptors (Lipinski definition) is 2. The predicted octanol–water partition coefficient (Wildman–Crippen LogP) is 2.25. The Morgan fingerprint density at radius 1 is 1.35 bits per heavy atom. The van der Waals surface area contributed by atoms with Gasteiger partial charge >= 0.3 is 0 Å². The van der Waals surface area contributed by atoms with Crippen LogP contribution in [-0.2, 0) is 9.59 Å². The van der Waals surface area contributed by atoms with Crippen LogP contribution in [0.5, 0.6) is 0 Å². The normalized spacial score (nSPS) is 26.0. The van der Waals surface area contributed by atoms with Crippen LogP contribution in [0.4, 0.5) is 0 Å². The van der Waals surface area contributed by atoms with Crippen molar-refractivity contribution in [1.82, 2.24) is 10.2 Å². The van der Waals surface area contributed by atoms with Gasteiger partial charge in [-0.2, -0.15) is 0 Å². The standard InChI is InChI=1S/C16H26N2O2/c1-4-5-8-11-18-13(12(2)3)14(19)17-16(15(18)20)9-6-7-10-16/h4-5,12-13H,6-11H2,1-3H3,(H,17,19)/b5-4+. The van der Waals surface area contributed by atoms with Crippen molar-refractivity contribution in [2.75, 3.05) is 6.54 Å². The fourth-order valence-electron chi connectivity index (χ4n) is 3.51. The molecule has 0 aromatic heterocycles. The highest BCUT2D eigenvalue weighted by Crippen LogP contribution is 2.35. The second-order valence-corrected chi connectivity index (χ2v) is 6.32. The summed E-state index contributed by atoms with van der Waals surface area (Å²) in [5.74, 6) is 0.308. The maximum atomic E-state index is 12.9. The molecule has 2 aliphatic rings. The van der Waals surface area contributed by atoms with Crippen molar-refractivity contribution in [2.24, 2.45) is 5.92 Å². The third-order valence-electron chi connectivity index (χ3n) is 4.50. The third-order valence-corrected chi connectivity index (χ3v) is 4.50. The molecular weight excluding hydrogens is 252 g/mol. The van der Waals surface area contributed by atoms with E-state index < -0.39 is 5.54 Å². The zero-order chi connectivity index (χ0) is 14.8. The quantitative estimate of drug-likeness (QED) is 0.802. The number of carbonyl (C=O) groups excluding carboxylic acids is 2. The predicted molar refractivity (Wildman–Crippen MR) is 79.1 cm³/mol. The third kappa shape index (κ3) is 2.60. The summed E-state index contributed by atoms with van der Waals surface area (Å²) in [5, 5.41) is 3.05. The molecule has 1 heterocycles. The summed E-state index contributed by atoms with van der Waals surface area (Å²) >= 11 is 0.